The van der Waals surface area contributed by atoms with E-state index in [9.17, 15) is 9.59 Å². The highest BCUT2D eigenvalue weighted by Crippen LogP contribution is 2.13. The van der Waals surface area contributed by atoms with Gasteiger partial charge in [-0.3, -0.25) is 9.59 Å². The summed E-state index contributed by atoms with van der Waals surface area (Å²) in [5.41, 5.74) is 6.49. The first-order valence-electron chi connectivity index (χ1n) is 6.88. The fraction of sp³-hybridized carbons (Fsp3) is 0.467. The zero-order valence-electron chi connectivity index (χ0n) is 11.4. The Bertz CT molecular complexity index is 455. The second kappa shape index (κ2) is 7.05. The largest absolute Gasteiger partial charge is 0.381 e. The van der Waals surface area contributed by atoms with E-state index in [-0.39, 0.29) is 11.8 Å². The van der Waals surface area contributed by atoms with Gasteiger partial charge in [0.25, 0.3) is 0 Å². The lowest BCUT2D eigenvalue weighted by Crippen LogP contribution is -2.47. The van der Waals surface area contributed by atoms with Crippen LogP contribution in [0.3, 0.4) is 0 Å². The minimum atomic E-state index is -0.622. The molecule has 1 aromatic carbocycles. The van der Waals surface area contributed by atoms with Crippen LogP contribution in [0.5, 0.6) is 0 Å². The molecule has 1 heterocycles. The van der Waals surface area contributed by atoms with Gasteiger partial charge in [0.05, 0.1) is 12.5 Å². The van der Waals surface area contributed by atoms with Crippen molar-refractivity contribution < 1.29 is 14.3 Å². The standard InChI is InChI=1S/C15H20N2O3/c16-14(18)13(7-6-11-4-2-1-3-5-11)17-15(19)12-8-9-20-10-12/h1-5,12-13H,6-10H2,(H2,16,18)(H,17,19)/t12-,13-/m1/s1. The van der Waals surface area contributed by atoms with Crippen molar-refractivity contribution in [2.24, 2.45) is 11.7 Å². The lowest BCUT2D eigenvalue weighted by atomic mass is 10.0. The molecular formula is C15H20N2O3. The number of carbonyl (C=O) groups is 2. The van der Waals surface area contributed by atoms with Gasteiger partial charge in [-0.15, -0.1) is 0 Å². The molecular weight excluding hydrogens is 256 g/mol. The number of ether oxygens (including phenoxy) is 1. The van der Waals surface area contributed by atoms with E-state index in [1.165, 1.54) is 0 Å². The van der Waals surface area contributed by atoms with E-state index in [1.807, 2.05) is 30.3 Å². The second-order valence-electron chi connectivity index (χ2n) is 5.05. The number of hydrogen-bond acceptors (Lipinski definition) is 3. The zero-order valence-corrected chi connectivity index (χ0v) is 11.4. The van der Waals surface area contributed by atoms with E-state index in [0.29, 0.717) is 32.5 Å². The van der Waals surface area contributed by atoms with Crippen molar-refractivity contribution in [3.8, 4) is 0 Å². The minimum absolute atomic E-state index is 0.139. The van der Waals surface area contributed by atoms with E-state index >= 15 is 0 Å². The third-order valence-electron chi connectivity index (χ3n) is 3.52. The Labute approximate surface area is 118 Å². The van der Waals surface area contributed by atoms with Crippen LogP contribution in [0.25, 0.3) is 0 Å². The van der Waals surface area contributed by atoms with Crippen molar-refractivity contribution in [2.45, 2.75) is 25.3 Å². The average molecular weight is 276 g/mol. The number of aryl methyl sites for hydroxylation is 1. The molecule has 0 unspecified atom stereocenters. The molecule has 2 atom stereocenters. The van der Waals surface area contributed by atoms with E-state index in [2.05, 4.69) is 5.32 Å². The summed E-state index contributed by atoms with van der Waals surface area (Å²) in [5.74, 6) is -0.791. The number of hydrogen-bond donors (Lipinski definition) is 2. The molecule has 0 radical (unpaired) electrons. The van der Waals surface area contributed by atoms with E-state index in [1.54, 1.807) is 0 Å². The maximum Gasteiger partial charge on any atom is 0.240 e. The monoisotopic (exact) mass is 276 g/mol. The molecule has 0 bridgehead atoms. The highest BCUT2D eigenvalue weighted by molar-refractivity contribution is 5.87. The van der Waals surface area contributed by atoms with Gasteiger partial charge in [0.1, 0.15) is 6.04 Å². The summed E-state index contributed by atoms with van der Waals surface area (Å²) >= 11 is 0. The minimum Gasteiger partial charge on any atom is -0.381 e. The van der Waals surface area contributed by atoms with E-state index < -0.39 is 11.9 Å². The molecule has 0 aliphatic carbocycles. The molecule has 2 amide bonds. The molecule has 0 spiro atoms. The zero-order chi connectivity index (χ0) is 14.4. The van der Waals surface area contributed by atoms with Crippen molar-refractivity contribution in [1.29, 1.82) is 0 Å². The smallest absolute Gasteiger partial charge is 0.240 e. The van der Waals surface area contributed by atoms with Crippen LogP contribution in [0.4, 0.5) is 0 Å². The third-order valence-corrected chi connectivity index (χ3v) is 3.52. The van der Waals surface area contributed by atoms with Gasteiger partial charge in [0.2, 0.25) is 11.8 Å². The summed E-state index contributed by atoms with van der Waals surface area (Å²) in [5, 5.41) is 2.74. The molecule has 5 heteroatoms. The molecule has 1 aliphatic rings. The number of nitrogens with one attached hydrogen (secondary N) is 1. The van der Waals surface area contributed by atoms with Gasteiger partial charge in [-0.2, -0.15) is 0 Å². The molecule has 1 aliphatic heterocycles. The Hall–Kier alpha value is -1.88. The summed E-state index contributed by atoms with van der Waals surface area (Å²) in [4.78, 5) is 23.4. The summed E-state index contributed by atoms with van der Waals surface area (Å²) in [7, 11) is 0. The van der Waals surface area contributed by atoms with E-state index in [0.717, 1.165) is 5.56 Å². The number of primary amides is 1. The molecule has 108 valence electrons. The first-order chi connectivity index (χ1) is 9.66. The van der Waals surface area contributed by atoms with E-state index in [4.69, 9.17) is 10.5 Å². The molecule has 5 nitrogen and oxygen atoms in total. The Morgan fingerprint density at radius 2 is 2.10 bits per heavy atom. The molecule has 20 heavy (non-hydrogen) atoms. The van der Waals surface area contributed by atoms with Crippen molar-refractivity contribution >= 4 is 11.8 Å². The lowest BCUT2D eigenvalue weighted by molar-refractivity contribution is -0.130. The SMILES string of the molecule is NC(=O)[C@@H](CCc1ccccc1)NC(=O)[C@@H]1CCOC1. The number of amides is 2. The lowest BCUT2D eigenvalue weighted by Gasteiger charge is -2.17. The van der Waals surface area contributed by atoms with Gasteiger partial charge in [0, 0.05) is 6.61 Å². The first kappa shape index (κ1) is 14.5. The van der Waals surface area contributed by atoms with Crippen LogP contribution in [0.1, 0.15) is 18.4 Å². The van der Waals surface area contributed by atoms with Crippen LogP contribution < -0.4 is 11.1 Å². The van der Waals surface area contributed by atoms with Gasteiger partial charge >= 0.3 is 0 Å². The first-order valence-corrected chi connectivity index (χ1v) is 6.88. The van der Waals surface area contributed by atoms with Crippen LogP contribution >= 0.6 is 0 Å². The molecule has 0 saturated carbocycles. The highest BCUT2D eigenvalue weighted by Gasteiger charge is 2.27. The molecule has 1 fully saturated rings. The summed E-state index contributed by atoms with van der Waals surface area (Å²) < 4.78 is 5.17. The summed E-state index contributed by atoms with van der Waals surface area (Å²) in [6.45, 7) is 1.03. The van der Waals surface area contributed by atoms with Gasteiger partial charge in [-0.25, -0.2) is 0 Å². The van der Waals surface area contributed by atoms with Crippen LogP contribution in [0.15, 0.2) is 30.3 Å². The van der Waals surface area contributed by atoms with Gasteiger partial charge < -0.3 is 15.8 Å². The number of carbonyl (C=O) groups excluding carboxylic acids is 2. The average Bonchev–Trinajstić information content (AvgIpc) is 2.98. The normalized spacial score (nSPS) is 19.5. The summed E-state index contributed by atoms with van der Waals surface area (Å²) in [6, 6.07) is 9.20. The van der Waals surface area contributed by atoms with Gasteiger partial charge in [0.15, 0.2) is 0 Å². The van der Waals surface area contributed by atoms with Crippen LogP contribution in [-0.4, -0.2) is 31.1 Å². The third kappa shape index (κ3) is 4.06. The fourth-order valence-corrected chi connectivity index (χ4v) is 2.27. The van der Waals surface area contributed by atoms with Crippen molar-refractivity contribution in [1.82, 2.24) is 5.32 Å². The highest BCUT2D eigenvalue weighted by atomic mass is 16.5. The number of rotatable bonds is 6. The van der Waals surface area contributed by atoms with Crippen LogP contribution in [0, 0.1) is 5.92 Å². The maximum atomic E-state index is 12.0. The van der Waals surface area contributed by atoms with Crippen molar-refractivity contribution in [2.75, 3.05) is 13.2 Å². The van der Waals surface area contributed by atoms with Crippen LogP contribution in [0.2, 0.25) is 0 Å². The number of benzene rings is 1. The topological polar surface area (TPSA) is 81.4 Å². The number of nitrogens with two attached hydrogens (primary N) is 1. The Kier molecular flexibility index (Phi) is 5.12. The molecule has 0 aromatic heterocycles. The molecule has 1 aromatic rings. The molecule has 2 rings (SSSR count). The fourth-order valence-electron chi connectivity index (χ4n) is 2.27. The van der Waals surface area contributed by atoms with Gasteiger partial charge in [-0.1, -0.05) is 30.3 Å². The Morgan fingerprint density at radius 1 is 1.35 bits per heavy atom. The second-order valence-corrected chi connectivity index (χ2v) is 5.05. The maximum absolute atomic E-state index is 12.0. The van der Waals surface area contributed by atoms with Crippen LogP contribution in [-0.2, 0) is 20.7 Å². The van der Waals surface area contributed by atoms with Gasteiger partial charge in [-0.05, 0) is 24.8 Å². The quantitative estimate of drug-likeness (QED) is 0.799. The Morgan fingerprint density at radius 3 is 2.70 bits per heavy atom. The summed E-state index contributed by atoms with van der Waals surface area (Å²) in [6.07, 6.45) is 1.92. The predicted molar refractivity (Wildman–Crippen MR) is 74.8 cm³/mol. The Balaban J connectivity index is 1.87. The molecule has 1 saturated heterocycles. The van der Waals surface area contributed by atoms with Crippen molar-refractivity contribution in [3.63, 3.8) is 0 Å². The predicted octanol–water partition coefficient (Wildman–Crippen LogP) is 0.626. The van der Waals surface area contributed by atoms with Crippen molar-refractivity contribution in [3.05, 3.63) is 35.9 Å². The molecule has 3 N–H and O–H groups in total.